The number of hydrogen-bond acceptors (Lipinski definition) is 5. The van der Waals surface area contributed by atoms with Crippen molar-refractivity contribution < 1.29 is 32.0 Å². The molecule has 1 N–H and O–H groups in total. The SMILES string of the molecule is C[C@@H](OC(=O)Cc1noc2ccccc12)C(=O)Nc1ccc(F)c(F)c1F. The zero-order chi connectivity index (χ0) is 19.6. The van der Waals surface area contributed by atoms with Crippen molar-refractivity contribution in [3.8, 4) is 0 Å². The van der Waals surface area contributed by atoms with Gasteiger partial charge in [0.25, 0.3) is 5.91 Å². The summed E-state index contributed by atoms with van der Waals surface area (Å²) in [6.45, 7) is 1.26. The van der Waals surface area contributed by atoms with Gasteiger partial charge in [0.15, 0.2) is 29.1 Å². The number of nitrogens with one attached hydrogen (secondary N) is 1. The van der Waals surface area contributed by atoms with Crippen LogP contribution in [0.2, 0.25) is 0 Å². The standard InChI is InChI=1S/C18H13F3N2O4/c1-9(18(25)22-12-7-6-11(19)16(20)17(12)21)26-15(24)8-13-10-4-2-3-5-14(10)27-23-13/h2-7,9H,8H2,1H3,(H,22,25)/t9-/m1/s1. The van der Waals surface area contributed by atoms with Crippen LogP contribution in [0.15, 0.2) is 40.9 Å². The van der Waals surface area contributed by atoms with Crippen molar-refractivity contribution in [1.82, 2.24) is 5.16 Å². The Kier molecular flexibility index (Phi) is 5.11. The first-order valence-corrected chi connectivity index (χ1v) is 7.84. The molecule has 9 heteroatoms. The Labute approximate surface area is 150 Å². The van der Waals surface area contributed by atoms with E-state index in [1.165, 1.54) is 6.92 Å². The molecule has 27 heavy (non-hydrogen) atoms. The maximum atomic E-state index is 13.6. The number of amides is 1. The third-order valence-corrected chi connectivity index (χ3v) is 3.73. The van der Waals surface area contributed by atoms with E-state index >= 15 is 0 Å². The van der Waals surface area contributed by atoms with Gasteiger partial charge in [0, 0.05) is 5.39 Å². The van der Waals surface area contributed by atoms with Gasteiger partial charge in [-0.1, -0.05) is 17.3 Å². The number of carbonyl (C=O) groups is 2. The van der Waals surface area contributed by atoms with Gasteiger partial charge >= 0.3 is 5.97 Å². The summed E-state index contributed by atoms with van der Waals surface area (Å²) < 4.78 is 49.7. The Morgan fingerprint density at radius 1 is 1.15 bits per heavy atom. The predicted molar refractivity (Wildman–Crippen MR) is 88.2 cm³/mol. The lowest BCUT2D eigenvalue weighted by Crippen LogP contribution is -2.31. The van der Waals surface area contributed by atoms with Gasteiger partial charge in [-0.15, -0.1) is 0 Å². The highest BCUT2D eigenvalue weighted by Gasteiger charge is 2.22. The minimum Gasteiger partial charge on any atom is -0.452 e. The number of aromatic nitrogens is 1. The number of rotatable bonds is 5. The average Bonchev–Trinajstić information content (AvgIpc) is 3.05. The van der Waals surface area contributed by atoms with E-state index in [-0.39, 0.29) is 6.42 Å². The molecule has 0 radical (unpaired) electrons. The summed E-state index contributed by atoms with van der Waals surface area (Å²) in [7, 11) is 0. The number of fused-ring (bicyclic) bond motifs is 1. The zero-order valence-corrected chi connectivity index (χ0v) is 14.0. The summed E-state index contributed by atoms with van der Waals surface area (Å²) in [6, 6.07) is 8.43. The third-order valence-electron chi connectivity index (χ3n) is 3.73. The molecule has 1 atom stereocenters. The minimum atomic E-state index is -1.71. The number of esters is 1. The van der Waals surface area contributed by atoms with Crippen LogP contribution in [0.3, 0.4) is 0 Å². The number of halogens is 3. The molecule has 0 spiro atoms. The van der Waals surface area contributed by atoms with Crippen LogP contribution in [0, 0.1) is 17.5 Å². The third kappa shape index (κ3) is 3.91. The molecular formula is C18H13F3N2O4. The summed E-state index contributed by atoms with van der Waals surface area (Å²) in [6.07, 6.45) is -1.54. The molecule has 0 aliphatic carbocycles. The van der Waals surface area contributed by atoms with Gasteiger partial charge < -0.3 is 14.6 Å². The normalized spacial score (nSPS) is 12.0. The molecule has 1 amide bonds. The van der Waals surface area contributed by atoms with E-state index in [1.54, 1.807) is 24.3 Å². The first-order valence-electron chi connectivity index (χ1n) is 7.84. The molecule has 0 saturated heterocycles. The largest absolute Gasteiger partial charge is 0.452 e. The Bertz CT molecular complexity index is 1020. The number of benzene rings is 2. The quantitative estimate of drug-likeness (QED) is 0.544. The Balaban J connectivity index is 1.62. The fourth-order valence-corrected chi connectivity index (χ4v) is 2.35. The fourth-order valence-electron chi connectivity index (χ4n) is 2.35. The lowest BCUT2D eigenvalue weighted by atomic mass is 10.2. The van der Waals surface area contributed by atoms with Crippen molar-refractivity contribution in [2.24, 2.45) is 0 Å². The second-order valence-electron chi connectivity index (χ2n) is 5.65. The van der Waals surface area contributed by atoms with E-state index in [1.807, 2.05) is 5.32 Å². The molecule has 3 rings (SSSR count). The second kappa shape index (κ2) is 7.48. The fraction of sp³-hybridized carbons (Fsp3) is 0.167. The van der Waals surface area contributed by atoms with Crippen molar-refractivity contribution >= 4 is 28.5 Å². The predicted octanol–water partition coefficient (Wildman–Crippen LogP) is 3.36. The number of para-hydroxylation sites is 1. The first kappa shape index (κ1) is 18.4. The Morgan fingerprint density at radius 2 is 1.89 bits per heavy atom. The second-order valence-corrected chi connectivity index (χ2v) is 5.65. The molecule has 0 aliphatic heterocycles. The number of carbonyl (C=O) groups excluding carboxylic acids is 2. The molecule has 6 nitrogen and oxygen atoms in total. The number of anilines is 1. The maximum Gasteiger partial charge on any atom is 0.312 e. The van der Waals surface area contributed by atoms with Crippen molar-refractivity contribution in [2.45, 2.75) is 19.4 Å². The highest BCUT2D eigenvalue weighted by Crippen LogP contribution is 2.21. The molecule has 1 aromatic heterocycles. The van der Waals surface area contributed by atoms with Gasteiger partial charge in [-0.25, -0.2) is 13.2 Å². The molecule has 1 heterocycles. The van der Waals surface area contributed by atoms with E-state index in [0.29, 0.717) is 22.7 Å². The van der Waals surface area contributed by atoms with Gasteiger partial charge in [-0.05, 0) is 31.2 Å². The zero-order valence-electron chi connectivity index (χ0n) is 14.0. The van der Waals surface area contributed by atoms with Crippen LogP contribution in [-0.2, 0) is 20.7 Å². The van der Waals surface area contributed by atoms with Gasteiger partial charge in [0.2, 0.25) is 0 Å². The van der Waals surface area contributed by atoms with Crippen LogP contribution in [0.5, 0.6) is 0 Å². The number of nitrogens with zero attached hydrogens (tertiary/aromatic N) is 1. The van der Waals surface area contributed by atoms with Crippen LogP contribution in [-0.4, -0.2) is 23.1 Å². The Morgan fingerprint density at radius 3 is 2.67 bits per heavy atom. The average molecular weight is 378 g/mol. The Hall–Kier alpha value is -3.36. The van der Waals surface area contributed by atoms with Crippen molar-refractivity contribution in [3.63, 3.8) is 0 Å². The number of ether oxygens (including phenoxy) is 1. The van der Waals surface area contributed by atoms with E-state index < -0.39 is 41.1 Å². The molecule has 0 unspecified atom stereocenters. The summed E-state index contributed by atoms with van der Waals surface area (Å²) in [5.41, 5.74) is 0.277. The van der Waals surface area contributed by atoms with E-state index in [0.717, 1.165) is 6.07 Å². The van der Waals surface area contributed by atoms with Crippen LogP contribution in [0.25, 0.3) is 11.0 Å². The summed E-state index contributed by atoms with van der Waals surface area (Å²) in [5, 5.41) is 6.46. The van der Waals surface area contributed by atoms with Crippen molar-refractivity contribution in [3.05, 3.63) is 59.5 Å². The van der Waals surface area contributed by atoms with Crippen LogP contribution < -0.4 is 5.32 Å². The van der Waals surface area contributed by atoms with Crippen LogP contribution in [0.1, 0.15) is 12.6 Å². The molecule has 2 aromatic carbocycles. The molecule has 0 fully saturated rings. The lowest BCUT2D eigenvalue weighted by Gasteiger charge is -2.14. The molecular weight excluding hydrogens is 365 g/mol. The summed E-state index contributed by atoms with van der Waals surface area (Å²) >= 11 is 0. The van der Waals surface area contributed by atoms with Gasteiger partial charge in [-0.2, -0.15) is 0 Å². The maximum absolute atomic E-state index is 13.6. The van der Waals surface area contributed by atoms with Gasteiger partial charge in [-0.3, -0.25) is 9.59 Å². The van der Waals surface area contributed by atoms with Crippen molar-refractivity contribution in [2.75, 3.05) is 5.32 Å². The number of hydrogen-bond donors (Lipinski definition) is 1. The van der Waals surface area contributed by atoms with Gasteiger partial charge in [0.1, 0.15) is 5.69 Å². The van der Waals surface area contributed by atoms with E-state index in [4.69, 9.17) is 9.26 Å². The monoisotopic (exact) mass is 378 g/mol. The van der Waals surface area contributed by atoms with Crippen LogP contribution in [0.4, 0.5) is 18.9 Å². The van der Waals surface area contributed by atoms with E-state index in [9.17, 15) is 22.8 Å². The van der Waals surface area contributed by atoms with Crippen molar-refractivity contribution in [1.29, 1.82) is 0 Å². The lowest BCUT2D eigenvalue weighted by molar-refractivity contribution is -0.152. The first-order chi connectivity index (χ1) is 12.9. The van der Waals surface area contributed by atoms with Gasteiger partial charge in [0.05, 0.1) is 12.1 Å². The molecule has 3 aromatic rings. The smallest absolute Gasteiger partial charge is 0.312 e. The highest BCUT2D eigenvalue weighted by atomic mass is 19.2. The molecule has 140 valence electrons. The minimum absolute atomic E-state index is 0.242. The molecule has 0 saturated carbocycles. The highest BCUT2D eigenvalue weighted by molar-refractivity contribution is 5.95. The topological polar surface area (TPSA) is 81.4 Å². The van der Waals surface area contributed by atoms with Crippen LogP contribution >= 0.6 is 0 Å². The molecule has 0 bridgehead atoms. The summed E-state index contributed by atoms with van der Waals surface area (Å²) in [5.74, 6) is -6.31. The van der Waals surface area contributed by atoms with E-state index in [2.05, 4.69) is 5.16 Å². The summed E-state index contributed by atoms with van der Waals surface area (Å²) in [4.78, 5) is 24.0. The molecule has 0 aliphatic rings.